The summed E-state index contributed by atoms with van der Waals surface area (Å²) in [5.74, 6) is 0. The fourth-order valence-electron chi connectivity index (χ4n) is 3.61. The quantitative estimate of drug-likeness (QED) is 0.858. The average molecular weight is 393 g/mol. The van der Waals surface area contributed by atoms with Gasteiger partial charge in [-0.05, 0) is 31.0 Å². The van der Waals surface area contributed by atoms with Gasteiger partial charge in [0.05, 0.1) is 11.1 Å². The number of sulfonamides is 1. The third-order valence-electron chi connectivity index (χ3n) is 4.95. The van der Waals surface area contributed by atoms with E-state index in [9.17, 15) is 13.5 Å². The van der Waals surface area contributed by atoms with Crippen LogP contribution in [0.3, 0.4) is 0 Å². The monoisotopic (exact) mass is 392 g/mol. The molecule has 5 nitrogen and oxygen atoms in total. The average Bonchev–Trinajstić information content (AvgIpc) is 2.57. The Morgan fingerprint density at radius 2 is 1.71 bits per heavy atom. The van der Waals surface area contributed by atoms with Crippen LogP contribution in [0.25, 0.3) is 0 Å². The van der Waals surface area contributed by atoms with Crippen molar-refractivity contribution >= 4 is 33.2 Å². The van der Waals surface area contributed by atoms with Crippen molar-refractivity contribution in [2.24, 2.45) is 0 Å². The summed E-state index contributed by atoms with van der Waals surface area (Å²) in [5, 5.41) is 10.7. The van der Waals surface area contributed by atoms with Crippen molar-refractivity contribution in [3.63, 3.8) is 0 Å². The van der Waals surface area contributed by atoms with Crippen LogP contribution in [-0.2, 0) is 10.0 Å². The van der Waals surface area contributed by atoms with Crippen LogP contribution >= 0.6 is 23.2 Å². The van der Waals surface area contributed by atoms with E-state index in [4.69, 9.17) is 23.2 Å². The molecule has 1 saturated heterocycles. The zero-order chi connectivity index (χ0) is 17.3. The van der Waals surface area contributed by atoms with Gasteiger partial charge in [0.25, 0.3) is 0 Å². The summed E-state index contributed by atoms with van der Waals surface area (Å²) < 4.78 is 27.1. The molecule has 8 heteroatoms. The maximum atomic E-state index is 12.8. The van der Waals surface area contributed by atoms with Crippen LogP contribution in [-0.4, -0.2) is 61.1 Å². The second kappa shape index (κ2) is 7.48. The number of benzene rings is 1. The van der Waals surface area contributed by atoms with Gasteiger partial charge in [-0.1, -0.05) is 36.0 Å². The molecule has 2 atom stereocenters. The first-order valence-electron chi connectivity index (χ1n) is 8.27. The molecule has 1 saturated carbocycles. The number of hydrogen-bond donors (Lipinski definition) is 1. The second-order valence-electron chi connectivity index (χ2n) is 6.43. The van der Waals surface area contributed by atoms with Crippen LogP contribution < -0.4 is 0 Å². The van der Waals surface area contributed by atoms with Crippen molar-refractivity contribution in [2.45, 2.75) is 42.7 Å². The van der Waals surface area contributed by atoms with Crippen LogP contribution in [0, 0.1) is 0 Å². The van der Waals surface area contributed by atoms with Crippen molar-refractivity contribution in [2.75, 3.05) is 26.2 Å². The lowest BCUT2D eigenvalue weighted by atomic mass is 9.91. The first kappa shape index (κ1) is 18.4. The molecule has 0 unspecified atom stereocenters. The highest BCUT2D eigenvalue weighted by Crippen LogP contribution is 2.29. The summed E-state index contributed by atoms with van der Waals surface area (Å²) in [6.45, 7) is 2.04. The van der Waals surface area contributed by atoms with Gasteiger partial charge in [-0.2, -0.15) is 4.31 Å². The number of aliphatic hydroxyl groups excluding tert-OH is 1. The van der Waals surface area contributed by atoms with Crippen LogP contribution in [0.5, 0.6) is 0 Å². The maximum absolute atomic E-state index is 12.8. The second-order valence-corrected chi connectivity index (χ2v) is 9.18. The van der Waals surface area contributed by atoms with Crippen LogP contribution in [0.1, 0.15) is 25.7 Å². The summed E-state index contributed by atoms with van der Waals surface area (Å²) >= 11 is 12.0. The number of aliphatic hydroxyl groups is 1. The normalized spacial score (nSPS) is 27.3. The predicted octanol–water partition coefficient (Wildman–Crippen LogP) is 2.60. The van der Waals surface area contributed by atoms with Gasteiger partial charge < -0.3 is 5.11 Å². The number of piperazine rings is 1. The maximum Gasteiger partial charge on any atom is 0.244 e. The molecule has 0 spiro atoms. The van der Waals surface area contributed by atoms with E-state index in [2.05, 4.69) is 4.90 Å². The molecule has 2 aliphatic rings. The van der Waals surface area contributed by atoms with Gasteiger partial charge in [0.2, 0.25) is 10.0 Å². The topological polar surface area (TPSA) is 60.9 Å². The SMILES string of the molecule is O=S(=O)(c1cc(Cl)ccc1Cl)N1CCN([C@@H]2CCCC[C@@H]2O)CC1. The third kappa shape index (κ3) is 3.74. The Balaban J connectivity index is 1.70. The van der Waals surface area contributed by atoms with Crippen LogP contribution in [0.4, 0.5) is 0 Å². The number of rotatable bonds is 3. The predicted molar refractivity (Wildman–Crippen MR) is 95.1 cm³/mol. The lowest BCUT2D eigenvalue weighted by molar-refractivity contribution is 0.00640. The molecule has 3 rings (SSSR count). The van der Waals surface area contributed by atoms with Crippen LogP contribution in [0.15, 0.2) is 23.1 Å². The van der Waals surface area contributed by atoms with E-state index in [1.54, 1.807) is 6.07 Å². The van der Waals surface area contributed by atoms with E-state index < -0.39 is 10.0 Å². The first-order valence-corrected chi connectivity index (χ1v) is 10.5. The van der Waals surface area contributed by atoms with Gasteiger partial charge in [0.15, 0.2) is 0 Å². The van der Waals surface area contributed by atoms with E-state index in [0.29, 0.717) is 31.2 Å². The van der Waals surface area contributed by atoms with Crippen molar-refractivity contribution in [1.29, 1.82) is 0 Å². The fourth-order valence-corrected chi connectivity index (χ4v) is 5.77. The number of halogens is 2. The Bertz CT molecular complexity index is 691. The van der Waals surface area contributed by atoms with E-state index >= 15 is 0 Å². The van der Waals surface area contributed by atoms with Crippen molar-refractivity contribution in [1.82, 2.24) is 9.21 Å². The highest BCUT2D eigenvalue weighted by Gasteiger charge is 2.35. The number of nitrogens with zero attached hydrogens (tertiary/aromatic N) is 2. The largest absolute Gasteiger partial charge is 0.391 e. The summed E-state index contributed by atoms with van der Waals surface area (Å²) in [5.41, 5.74) is 0. The van der Waals surface area contributed by atoms with Gasteiger partial charge >= 0.3 is 0 Å². The molecule has 0 amide bonds. The highest BCUT2D eigenvalue weighted by molar-refractivity contribution is 7.89. The van der Waals surface area contributed by atoms with E-state index in [-0.39, 0.29) is 22.1 Å². The van der Waals surface area contributed by atoms with E-state index in [0.717, 1.165) is 25.7 Å². The van der Waals surface area contributed by atoms with E-state index in [1.165, 1.54) is 16.4 Å². The Hall–Kier alpha value is -0.370. The molecule has 1 aromatic rings. The zero-order valence-electron chi connectivity index (χ0n) is 13.4. The summed E-state index contributed by atoms with van der Waals surface area (Å²) in [7, 11) is -3.66. The lowest BCUT2D eigenvalue weighted by Crippen LogP contribution is -2.55. The minimum Gasteiger partial charge on any atom is -0.391 e. The Morgan fingerprint density at radius 1 is 1.04 bits per heavy atom. The molecule has 0 aromatic heterocycles. The van der Waals surface area contributed by atoms with Gasteiger partial charge in [-0.25, -0.2) is 8.42 Å². The molecule has 1 aliphatic carbocycles. The lowest BCUT2D eigenvalue weighted by Gasteiger charge is -2.42. The van der Waals surface area contributed by atoms with E-state index in [1.807, 2.05) is 0 Å². The molecule has 1 N–H and O–H groups in total. The first-order chi connectivity index (χ1) is 11.4. The summed E-state index contributed by atoms with van der Waals surface area (Å²) in [6.07, 6.45) is 3.71. The smallest absolute Gasteiger partial charge is 0.244 e. The summed E-state index contributed by atoms with van der Waals surface area (Å²) in [4.78, 5) is 2.28. The van der Waals surface area contributed by atoms with Crippen molar-refractivity contribution in [3.05, 3.63) is 28.2 Å². The van der Waals surface area contributed by atoms with Gasteiger partial charge in [0.1, 0.15) is 4.90 Å². The molecule has 1 heterocycles. The van der Waals surface area contributed by atoms with Gasteiger partial charge in [0, 0.05) is 37.2 Å². The molecule has 1 aliphatic heterocycles. The molecule has 24 heavy (non-hydrogen) atoms. The Kier molecular flexibility index (Phi) is 5.74. The molecule has 0 radical (unpaired) electrons. The van der Waals surface area contributed by atoms with Crippen molar-refractivity contribution < 1.29 is 13.5 Å². The molecular formula is C16H22Cl2N2O3S. The van der Waals surface area contributed by atoms with Gasteiger partial charge in [-0.3, -0.25) is 4.90 Å². The van der Waals surface area contributed by atoms with Crippen molar-refractivity contribution in [3.8, 4) is 0 Å². The molecule has 134 valence electrons. The van der Waals surface area contributed by atoms with Gasteiger partial charge in [-0.15, -0.1) is 0 Å². The third-order valence-corrected chi connectivity index (χ3v) is 7.56. The van der Waals surface area contributed by atoms with Crippen LogP contribution in [0.2, 0.25) is 10.0 Å². The molecule has 1 aromatic carbocycles. The molecule has 0 bridgehead atoms. The Morgan fingerprint density at radius 3 is 2.38 bits per heavy atom. The molecular weight excluding hydrogens is 371 g/mol. The standard InChI is InChI=1S/C16H22Cl2N2O3S/c17-12-5-6-13(18)16(11-12)24(22,23)20-9-7-19(8-10-20)14-3-1-2-4-15(14)21/h5-6,11,14-15,21H,1-4,7-10H2/t14-,15+/m1/s1. The molecule has 2 fully saturated rings. The minimum atomic E-state index is -3.66. The summed E-state index contributed by atoms with van der Waals surface area (Å²) in [6, 6.07) is 4.63. The number of hydrogen-bond acceptors (Lipinski definition) is 4. The minimum absolute atomic E-state index is 0.0582. The fraction of sp³-hybridized carbons (Fsp3) is 0.625. The zero-order valence-corrected chi connectivity index (χ0v) is 15.7. The Labute approximate surface area is 153 Å². The highest BCUT2D eigenvalue weighted by atomic mass is 35.5.